The van der Waals surface area contributed by atoms with Gasteiger partial charge in [0.2, 0.25) is 0 Å². The third-order valence-corrected chi connectivity index (χ3v) is 2.20. The molecule has 0 spiro atoms. The predicted molar refractivity (Wildman–Crippen MR) is 31.6 cm³/mol. The summed E-state index contributed by atoms with van der Waals surface area (Å²) >= 11 is 0. The second-order valence-electron chi connectivity index (χ2n) is 3.06. The van der Waals surface area contributed by atoms with Crippen LogP contribution >= 0.6 is 0 Å². The van der Waals surface area contributed by atoms with Crippen LogP contribution in [-0.2, 0) is 4.79 Å². The average Bonchev–Trinajstić information content (AvgIpc) is 2.16. The molecule has 9 heavy (non-hydrogen) atoms. The molecule has 0 unspecified atom stereocenters. The maximum absolute atomic E-state index is 10.4. The first-order valence-corrected chi connectivity index (χ1v) is 3.37. The molecule has 1 fully saturated rings. The summed E-state index contributed by atoms with van der Waals surface area (Å²) in [6.07, 6.45) is 3.69. The van der Waals surface area contributed by atoms with Crippen LogP contribution in [0.5, 0.6) is 0 Å². The van der Waals surface area contributed by atoms with Crippen molar-refractivity contribution in [1.82, 2.24) is 0 Å². The largest absolute Gasteiger partial charge is 0.550 e. The van der Waals surface area contributed by atoms with Crippen LogP contribution in [0.15, 0.2) is 0 Å². The van der Waals surface area contributed by atoms with Crippen molar-refractivity contribution in [3.63, 3.8) is 0 Å². The first-order chi connectivity index (χ1) is 4.15. The molecule has 0 atom stereocenters. The molecule has 2 nitrogen and oxygen atoms in total. The molecule has 0 aromatic carbocycles. The Morgan fingerprint density at radius 1 is 1.44 bits per heavy atom. The fourth-order valence-corrected chi connectivity index (χ4v) is 1.36. The lowest BCUT2D eigenvalue weighted by Crippen LogP contribution is -2.38. The maximum atomic E-state index is 10.4. The van der Waals surface area contributed by atoms with Crippen LogP contribution in [0.3, 0.4) is 0 Å². The van der Waals surface area contributed by atoms with Gasteiger partial charge in [-0.15, -0.1) is 0 Å². The monoisotopic (exact) mass is 127 g/mol. The van der Waals surface area contributed by atoms with Gasteiger partial charge in [0.15, 0.2) is 0 Å². The second kappa shape index (κ2) is 2.01. The lowest BCUT2D eigenvalue weighted by molar-refractivity contribution is -0.318. The summed E-state index contributed by atoms with van der Waals surface area (Å²) in [6.45, 7) is 1.77. The number of aliphatic carboxylic acids is 1. The average molecular weight is 127 g/mol. The van der Waals surface area contributed by atoms with Crippen molar-refractivity contribution in [1.29, 1.82) is 0 Å². The summed E-state index contributed by atoms with van der Waals surface area (Å²) < 4.78 is 0. The highest BCUT2D eigenvalue weighted by atomic mass is 16.4. The van der Waals surface area contributed by atoms with Crippen LogP contribution in [-0.4, -0.2) is 5.97 Å². The van der Waals surface area contributed by atoms with Crippen molar-refractivity contribution in [2.24, 2.45) is 5.41 Å². The Morgan fingerprint density at radius 3 is 2.11 bits per heavy atom. The zero-order valence-corrected chi connectivity index (χ0v) is 5.64. The number of carbonyl (C=O) groups is 1. The number of rotatable bonds is 1. The van der Waals surface area contributed by atoms with Gasteiger partial charge >= 0.3 is 0 Å². The first-order valence-electron chi connectivity index (χ1n) is 3.37. The van der Waals surface area contributed by atoms with Gasteiger partial charge < -0.3 is 9.90 Å². The minimum Gasteiger partial charge on any atom is -0.550 e. The van der Waals surface area contributed by atoms with Gasteiger partial charge in [-0.1, -0.05) is 19.8 Å². The predicted octanol–water partition coefficient (Wildman–Crippen LogP) is 0.317. The Kier molecular flexibility index (Phi) is 1.47. The molecule has 0 saturated heterocycles. The van der Waals surface area contributed by atoms with Gasteiger partial charge in [0.25, 0.3) is 0 Å². The zero-order chi connectivity index (χ0) is 6.91. The molecule has 0 amide bonds. The maximum Gasteiger partial charge on any atom is 0.0473 e. The van der Waals surface area contributed by atoms with Crippen LogP contribution in [0.4, 0.5) is 0 Å². The number of carboxylic acids is 1. The van der Waals surface area contributed by atoms with Crippen molar-refractivity contribution < 1.29 is 9.90 Å². The van der Waals surface area contributed by atoms with Gasteiger partial charge in [0, 0.05) is 11.4 Å². The number of hydrogen-bond donors (Lipinski definition) is 0. The smallest absolute Gasteiger partial charge is 0.0473 e. The fourth-order valence-electron chi connectivity index (χ4n) is 1.36. The van der Waals surface area contributed by atoms with E-state index in [9.17, 15) is 9.90 Å². The van der Waals surface area contributed by atoms with Crippen molar-refractivity contribution in [3.8, 4) is 0 Å². The highest BCUT2D eigenvalue weighted by Gasteiger charge is 2.29. The van der Waals surface area contributed by atoms with E-state index in [1.807, 2.05) is 0 Å². The number of carbonyl (C=O) groups excluding carboxylic acids is 1. The third-order valence-electron chi connectivity index (χ3n) is 2.20. The van der Waals surface area contributed by atoms with Crippen molar-refractivity contribution in [2.45, 2.75) is 32.6 Å². The van der Waals surface area contributed by atoms with Gasteiger partial charge in [-0.2, -0.15) is 0 Å². The number of carboxylic acid groups (broad SMARTS) is 1. The summed E-state index contributed by atoms with van der Waals surface area (Å²) in [4.78, 5) is 10.4. The van der Waals surface area contributed by atoms with E-state index < -0.39 is 11.4 Å². The second-order valence-corrected chi connectivity index (χ2v) is 3.06. The molecule has 0 aliphatic heterocycles. The van der Waals surface area contributed by atoms with E-state index in [1.165, 1.54) is 0 Å². The third kappa shape index (κ3) is 1.07. The minimum atomic E-state index is -0.875. The van der Waals surface area contributed by atoms with Crippen molar-refractivity contribution in [3.05, 3.63) is 0 Å². The van der Waals surface area contributed by atoms with Crippen LogP contribution in [0.1, 0.15) is 32.6 Å². The van der Waals surface area contributed by atoms with E-state index in [2.05, 4.69) is 0 Å². The molecule has 1 aliphatic carbocycles. The Balaban J connectivity index is 2.61. The molecule has 1 aliphatic rings. The summed E-state index contributed by atoms with van der Waals surface area (Å²) in [5.74, 6) is -0.875. The van der Waals surface area contributed by atoms with E-state index in [4.69, 9.17) is 0 Å². The van der Waals surface area contributed by atoms with E-state index >= 15 is 0 Å². The minimum absolute atomic E-state index is 0.500. The topological polar surface area (TPSA) is 40.1 Å². The van der Waals surface area contributed by atoms with E-state index in [-0.39, 0.29) is 0 Å². The van der Waals surface area contributed by atoms with Gasteiger partial charge in [0.05, 0.1) is 0 Å². The Bertz CT molecular complexity index is 123. The van der Waals surface area contributed by atoms with Gasteiger partial charge in [-0.25, -0.2) is 0 Å². The normalized spacial score (nSPS) is 24.1. The van der Waals surface area contributed by atoms with Crippen LogP contribution < -0.4 is 5.11 Å². The van der Waals surface area contributed by atoms with Crippen LogP contribution in [0.2, 0.25) is 0 Å². The Morgan fingerprint density at radius 2 is 1.89 bits per heavy atom. The van der Waals surface area contributed by atoms with E-state index in [0.29, 0.717) is 0 Å². The van der Waals surface area contributed by atoms with Crippen molar-refractivity contribution >= 4 is 5.97 Å². The summed E-state index contributed by atoms with van der Waals surface area (Å²) in [5.41, 5.74) is -0.500. The molecular weight excluding hydrogens is 116 g/mol. The fraction of sp³-hybridized carbons (Fsp3) is 0.857. The lowest BCUT2D eigenvalue weighted by atomic mass is 9.89. The molecule has 1 rings (SSSR count). The first kappa shape index (κ1) is 6.59. The molecule has 1 saturated carbocycles. The molecule has 0 bridgehead atoms. The molecular formula is C7H11O2-. The van der Waals surface area contributed by atoms with E-state index in [1.54, 1.807) is 6.92 Å². The summed E-state index contributed by atoms with van der Waals surface area (Å²) in [5, 5.41) is 10.4. The molecule has 0 aromatic heterocycles. The van der Waals surface area contributed by atoms with Crippen molar-refractivity contribution in [2.75, 3.05) is 0 Å². The Labute approximate surface area is 54.9 Å². The summed E-state index contributed by atoms with van der Waals surface area (Å²) in [7, 11) is 0. The molecule has 2 heteroatoms. The van der Waals surface area contributed by atoms with Gasteiger partial charge in [0.1, 0.15) is 0 Å². The lowest BCUT2D eigenvalue weighted by Gasteiger charge is -2.23. The quantitative estimate of drug-likeness (QED) is 0.508. The molecule has 52 valence electrons. The summed E-state index contributed by atoms with van der Waals surface area (Å²) in [6, 6.07) is 0. The highest BCUT2D eigenvalue weighted by molar-refractivity contribution is 5.72. The van der Waals surface area contributed by atoms with Crippen LogP contribution in [0.25, 0.3) is 0 Å². The van der Waals surface area contributed by atoms with Gasteiger partial charge in [-0.3, -0.25) is 0 Å². The zero-order valence-electron chi connectivity index (χ0n) is 5.64. The SMILES string of the molecule is CC1(C(=O)[O-])CCCC1. The number of hydrogen-bond acceptors (Lipinski definition) is 2. The highest BCUT2D eigenvalue weighted by Crippen LogP contribution is 2.36. The van der Waals surface area contributed by atoms with E-state index in [0.717, 1.165) is 25.7 Å². The van der Waals surface area contributed by atoms with Gasteiger partial charge in [-0.05, 0) is 12.8 Å². The molecule has 0 N–H and O–H groups in total. The Hall–Kier alpha value is -0.530. The molecule has 0 heterocycles. The molecule has 0 aromatic rings. The molecule has 0 radical (unpaired) electrons. The standard InChI is InChI=1S/C7H12O2/c1-7(6(8)9)4-2-3-5-7/h2-5H2,1H3,(H,8,9)/p-1. The van der Waals surface area contributed by atoms with Crippen LogP contribution in [0, 0.1) is 5.41 Å².